The van der Waals surface area contributed by atoms with Crippen LogP contribution in [0.2, 0.25) is 5.02 Å². The van der Waals surface area contributed by atoms with E-state index in [2.05, 4.69) is 21.4 Å². The Kier molecular flexibility index (Phi) is 5.52. The first kappa shape index (κ1) is 22.7. The molecule has 2 fully saturated rings. The zero-order valence-corrected chi connectivity index (χ0v) is 20.2. The molecule has 36 heavy (non-hydrogen) atoms. The van der Waals surface area contributed by atoms with Crippen LogP contribution in [0.4, 0.5) is 0 Å². The van der Waals surface area contributed by atoms with E-state index in [0.717, 1.165) is 29.5 Å². The summed E-state index contributed by atoms with van der Waals surface area (Å²) in [5, 5.41) is 2.85. The maximum absolute atomic E-state index is 13.1. The standard InChI is InChI=1S/C26H24ClN5O4/c27-17-10-20-19(28-12-17)11-21(29-20)26(36)31-7-5-14(6-8-31)15-1-2-18-16(9-15)13-32(25(18)35)22-3-4-23(33)30-24(22)34/h1-2,9-12,14,22,29H,3-8,13H2,(H,30,33,34). The number of rotatable bonds is 3. The molecule has 0 bridgehead atoms. The minimum atomic E-state index is -0.615. The van der Waals surface area contributed by atoms with Gasteiger partial charge >= 0.3 is 0 Å². The molecule has 1 unspecified atom stereocenters. The SMILES string of the molecule is O=C1CCC(N2Cc3cc(C4CCN(C(=O)c5cc6ncc(Cl)cc6[nH]5)CC4)ccc3C2=O)C(=O)N1. The van der Waals surface area contributed by atoms with Crippen LogP contribution in [-0.4, -0.2) is 62.5 Å². The summed E-state index contributed by atoms with van der Waals surface area (Å²) >= 11 is 6.00. The number of aromatic amines is 1. The Morgan fingerprint density at radius 1 is 1.06 bits per heavy atom. The average Bonchev–Trinajstić information content (AvgIpc) is 3.44. The van der Waals surface area contributed by atoms with Gasteiger partial charge in [0, 0.05) is 37.8 Å². The molecule has 6 rings (SSSR count). The molecule has 0 saturated carbocycles. The first-order valence-electron chi connectivity index (χ1n) is 12.1. The Hall–Kier alpha value is -3.72. The number of nitrogens with one attached hydrogen (secondary N) is 2. The van der Waals surface area contributed by atoms with Gasteiger partial charge in [-0.3, -0.25) is 29.5 Å². The third-order valence-corrected chi connectivity index (χ3v) is 7.67. The maximum atomic E-state index is 13.1. The molecule has 2 saturated heterocycles. The lowest BCUT2D eigenvalue weighted by Crippen LogP contribution is -2.52. The summed E-state index contributed by atoms with van der Waals surface area (Å²) in [6.45, 7) is 1.63. The Bertz CT molecular complexity index is 1420. The average molecular weight is 506 g/mol. The number of hydrogen-bond donors (Lipinski definition) is 2. The van der Waals surface area contributed by atoms with Gasteiger partial charge in [-0.05, 0) is 54.5 Å². The molecule has 0 aliphatic carbocycles. The van der Waals surface area contributed by atoms with E-state index in [-0.39, 0.29) is 30.1 Å². The van der Waals surface area contributed by atoms with Gasteiger partial charge in [-0.1, -0.05) is 23.7 Å². The summed E-state index contributed by atoms with van der Waals surface area (Å²) < 4.78 is 0. The van der Waals surface area contributed by atoms with E-state index >= 15 is 0 Å². The fraction of sp³-hybridized carbons (Fsp3) is 0.346. The second kappa shape index (κ2) is 8.74. The van der Waals surface area contributed by atoms with E-state index in [9.17, 15) is 19.2 Å². The highest BCUT2D eigenvalue weighted by molar-refractivity contribution is 6.31. The fourth-order valence-corrected chi connectivity index (χ4v) is 5.69. The number of fused-ring (bicyclic) bond motifs is 2. The lowest BCUT2D eigenvalue weighted by molar-refractivity contribution is -0.136. The van der Waals surface area contributed by atoms with Gasteiger partial charge < -0.3 is 14.8 Å². The second-order valence-corrected chi connectivity index (χ2v) is 10.1. The molecule has 1 aromatic carbocycles. The highest BCUT2D eigenvalue weighted by Gasteiger charge is 2.39. The quantitative estimate of drug-likeness (QED) is 0.531. The molecule has 3 aliphatic heterocycles. The van der Waals surface area contributed by atoms with Crippen LogP contribution in [0.15, 0.2) is 36.5 Å². The zero-order valence-electron chi connectivity index (χ0n) is 19.4. The number of imide groups is 1. The minimum Gasteiger partial charge on any atom is -0.349 e. The molecule has 2 N–H and O–H groups in total. The molecule has 4 amide bonds. The van der Waals surface area contributed by atoms with Crippen LogP contribution in [0.3, 0.4) is 0 Å². The van der Waals surface area contributed by atoms with Crippen molar-refractivity contribution in [3.8, 4) is 0 Å². The van der Waals surface area contributed by atoms with Crippen molar-refractivity contribution in [3.05, 3.63) is 63.9 Å². The number of benzene rings is 1. The predicted octanol–water partition coefficient (Wildman–Crippen LogP) is 3.00. The van der Waals surface area contributed by atoms with Crippen LogP contribution in [0.5, 0.6) is 0 Å². The Morgan fingerprint density at radius 2 is 1.86 bits per heavy atom. The number of halogens is 1. The number of aromatic nitrogens is 2. The van der Waals surface area contributed by atoms with Gasteiger partial charge in [0.15, 0.2) is 0 Å². The Balaban J connectivity index is 1.12. The highest BCUT2D eigenvalue weighted by Crippen LogP contribution is 2.34. The van der Waals surface area contributed by atoms with Crippen LogP contribution in [-0.2, 0) is 16.1 Å². The largest absolute Gasteiger partial charge is 0.349 e. The molecule has 0 radical (unpaired) electrons. The molecule has 0 spiro atoms. The van der Waals surface area contributed by atoms with Crippen LogP contribution in [0.1, 0.15) is 63.6 Å². The first-order chi connectivity index (χ1) is 17.4. The number of carbonyl (C=O) groups is 4. The summed E-state index contributed by atoms with van der Waals surface area (Å²) in [4.78, 5) is 60.6. The van der Waals surface area contributed by atoms with Crippen molar-refractivity contribution < 1.29 is 19.2 Å². The van der Waals surface area contributed by atoms with E-state index in [1.54, 1.807) is 23.2 Å². The zero-order chi connectivity index (χ0) is 25.0. The number of hydrogen-bond acceptors (Lipinski definition) is 5. The van der Waals surface area contributed by atoms with E-state index in [1.807, 2.05) is 17.0 Å². The number of H-pyrrole nitrogens is 1. The molecule has 2 aromatic heterocycles. The van der Waals surface area contributed by atoms with Gasteiger partial charge in [0.1, 0.15) is 11.7 Å². The lowest BCUT2D eigenvalue weighted by atomic mass is 9.88. The monoisotopic (exact) mass is 505 g/mol. The van der Waals surface area contributed by atoms with E-state index < -0.39 is 11.9 Å². The fourth-order valence-electron chi connectivity index (χ4n) is 5.53. The smallest absolute Gasteiger partial charge is 0.270 e. The van der Waals surface area contributed by atoms with Gasteiger partial charge in [-0.15, -0.1) is 0 Å². The topological polar surface area (TPSA) is 115 Å². The molecule has 5 heterocycles. The van der Waals surface area contributed by atoms with Crippen LogP contribution in [0.25, 0.3) is 11.0 Å². The number of carbonyl (C=O) groups excluding carboxylic acids is 4. The van der Waals surface area contributed by atoms with Crippen LogP contribution in [0, 0.1) is 0 Å². The Labute approximate surface area is 211 Å². The second-order valence-electron chi connectivity index (χ2n) is 9.65. The van der Waals surface area contributed by atoms with Crippen molar-refractivity contribution in [3.63, 3.8) is 0 Å². The van der Waals surface area contributed by atoms with Gasteiger partial charge in [0.05, 0.1) is 16.1 Å². The molecule has 9 nitrogen and oxygen atoms in total. The van der Waals surface area contributed by atoms with Gasteiger partial charge in [0.2, 0.25) is 11.8 Å². The van der Waals surface area contributed by atoms with Crippen LogP contribution >= 0.6 is 11.6 Å². The summed E-state index contributed by atoms with van der Waals surface area (Å²) in [5.41, 5.74) is 4.61. The summed E-state index contributed by atoms with van der Waals surface area (Å²) in [6.07, 6.45) is 3.79. The first-order valence-corrected chi connectivity index (χ1v) is 12.5. The van der Waals surface area contributed by atoms with E-state index in [1.165, 1.54) is 0 Å². The third kappa shape index (κ3) is 3.93. The molecular weight excluding hydrogens is 482 g/mol. The third-order valence-electron chi connectivity index (χ3n) is 7.47. The predicted molar refractivity (Wildman–Crippen MR) is 131 cm³/mol. The number of pyridine rings is 1. The van der Waals surface area contributed by atoms with Crippen molar-refractivity contribution in [1.82, 2.24) is 25.1 Å². The molecule has 3 aromatic rings. The number of amides is 4. The van der Waals surface area contributed by atoms with Gasteiger partial charge in [-0.2, -0.15) is 0 Å². The summed E-state index contributed by atoms with van der Waals surface area (Å²) in [5.74, 6) is -0.637. The molecule has 184 valence electrons. The number of likely N-dealkylation sites (tertiary alicyclic amines) is 1. The maximum Gasteiger partial charge on any atom is 0.270 e. The molecule has 10 heteroatoms. The van der Waals surface area contributed by atoms with Crippen LogP contribution < -0.4 is 5.32 Å². The van der Waals surface area contributed by atoms with Crippen molar-refractivity contribution in [1.29, 1.82) is 0 Å². The lowest BCUT2D eigenvalue weighted by Gasteiger charge is -2.32. The van der Waals surface area contributed by atoms with E-state index in [4.69, 9.17) is 11.6 Å². The minimum absolute atomic E-state index is 0.0537. The van der Waals surface area contributed by atoms with Crippen molar-refractivity contribution in [2.75, 3.05) is 13.1 Å². The summed E-state index contributed by atoms with van der Waals surface area (Å²) in [7, 11) is 0. The summed E-state index contributed by atoms with van der Waals surface area (Å²) in [6, 6.07) is 8.79. The van der Waals surface area contributed by atoms with E-state index in [0.29, 0.717) is 47.9 Å². The normalized spacial score (nSPS) is 20.7. The molecule has 1 atom stereocenters. The van der Waals surface area contributed by atoms with Crippen molar-refractivity contribution in [2.45, 2.75) is 44.2 Å². The van der Waals surface area contributed by atoms with Crippen molar-refractivity contribution >= 4 is 46.3 Å². The highest BCUT2D eigenvalue weighted by atomic mass is 35.5. The Morgan fingerprint density at radius 3 is 2.64 bits per heavy atom. The number of nitrogens with zero attached hydrogens (tertiary/aromatic N) is 3. The van der Waals surface area contributed by atoms with Gasteiger partial charge in [-0.25, -0.2) is 0 Å². The molecular formula is C26H24ClN5O4. The molecule has 3 aliphatic rings. The van der Waals surface area contributed by atoms with Crippen molar-refractivity contribution in [2.24, 2.45) is 0 Å². The number of piperidine rings is 2. The van der Waals surface area contributed by atoms with Gasteiger partial charge in [0.25, 0.3) is 11.8 Å².